The minimum atomic E-state index is 1.24. The van der Waals surface area contributed by atoms with Gasteiger partial charge in [0, 0.05) is 0 Å². The largest absolute Gasteiger partial charge is 0.0654 e. The van der Waals surface area contributed by atoms with Gasteiger partial charge in [-0.15, -0.1) is 0 Å². The topological polar surface area (TPSA) is 0 Å². The molecule has 0 aromatic heterocycles. The lowest BCUT2D eigenvalue weighted by Crippen LogP contribution is -1.84. The molecule has 0 N–H and O–H groups in total. The van der Waals surface area contributed by atoms with Crippen molar-refractivity contribution in [3.63, 3.8) is 0 Å². The van der Waals surface area contributed by atoms with Crippen molar-refractivity contribution >= 4 is 0 Å². The van der Waals surface area contributed by atoms with E-state index in [9.17, 15) is 0 Å². The Morgan fingerprint density at radius 3 is 2.92 bits per heavy atom. The SMILES string of the molecule is CCCCC1=CC=C2C=CC=C21. The molecule has 0 atom stereocenters. The minimum absolute atomic E-state index is 1.24. The molecule has 0 radical (unpaired) electrons. The van der Waals surface area contributed by atoms with Crippen LogP contribution >= 0.6 is 0 Å². The van der Waals surface area contributed by atoms with Crippen LogP contribution in [-0.4, -0.2) is 0 Å². The molecular formula is C12H14. The molecule has 2 rings (SSSR count). The van der Waals surface area contributed by atoms with E-state index >= 15 is 0 Å². The molecule has 2 aliphatic rings. The zero-order valence-electron chi connectivity index (χ0n) is 7.51. The minimum Gasteiger partial charge on any atom is -0.0654 e. The second-order valence-electron chi connectivity index (χ2n) is 3.36. The summed E-state index contributed by atoms with van der Waals surface area (Å²) in [6, 6.07) is 0. The number of hydrogen-bond acceptors (Lipinski definition) is 0. The van der Waals surface area contributed by atoms with E-state index in [-0.39, 0.29) is 0 Å². The van der Waals surface area contributed by atoms with Crippen LogP contribution in [-0.2, 0) is 0 Å². The summed E-state index contributed by atoms with van der Waals surface area (Å²) in [4.78, 5) is 0. The summed E-state index contributed by atoms with van der Waals surface area (Å²) in [7, 11) is 0. The summed E-state index contributed by atoms with van der Waals surface area (Å²) in [5, 5.41) is 0. The van der Waals surface area contributed by atoms with E-state index in [1.165, 1.54) is 36.0 Å². The Balaban J connectivity index is 2.04. The van der Waals surface area contributed by atoms with E-state index < -0.39 is 0 Å². The standard InChI is InChI=1S/C12H14/c1-2-3-5-10-8-9-11-6-4-7-12(10)11/h4,6-9H,2-3,5H2,1H3. The smallest absolute Gasteiger partial charge is 0.0152 e. The van der Waals surface area contributed by atoms with Crippen LogP contribution in [0.5, 0.6) is 0 Å². The van der Waals surface area contributed by atoms with Crippen molar-refractivity contribution in [2.75, 3.05) is 0 Å². The predicted molar refractivity (Wildman–Crippen MR) is 52.9 cm³/mol. The van der Waals surface area contributed by atoms with Crippen LogP contribution < -0.4 is 0 Å². The highest BCUT2D eigenvalue weighted by atomic mass is 14.2. The summed E-state index contributed by atoms with van der Waals surface area (Å²) in [6.07, 6.45) is 14.9. The Kier molecular flexibility index (Phi) is 1.99. The summed E-state index contributed by atoms with van der Waals surface area (Å²) in [5.74, 6) is 0. The first-order chi connectivity index (χ1) is 5.92. The molecule has 0 aliphatic heterocycles. The van der Waals surface area contributed by atoms with Crippen molar-refractivity contribution in [1.29, 1.82) is 0 Å². The number of hydrogen-bond donors (Lipinski definition) is 0. The van der Waals surface area contributed by atoms with Gasteiger partial charge in [-0.3, -0.25) is 0 Å². The molecule has 0 fully saturated rings. The molecule has 0 unspecified atom stereocenters. The average Bonchev–Trinajstić information content (AvgIpc) is 2.62. The van der Waals surface area contributed by atoms with Crippen molar-refractivity contribution < 1.29 is 0 Å². The number of allylic oxidation sites excluding steroid dienone is 8. The first-order valence-electron chi connectivity index (χ1n) is 4.72. The van der Waals surface area contributed by atoms with Crippen LogP contribution in [0.25, 0.3) is 0 Å². The fourth-order valence-corrected chi connectivity index (χ4v) is 1.74. The van der Waals surface area contributed by atoms with E-state index in [2.05, 4.69) is 37.3 Å². The van der Waals surface area contributed by atoms with Gasteiger partial charge in [-0.1, -0.05) is 43.7 Å². The lowest BCUT2D eigenvalue weighted by molar-refractivity contribution is 0.795. The van der Waals surface area contributed by atoms with Gasteiger partial charge in [0.15, 0.2) is 0 Å². The normalized spacial score (nSPS) is 18.9. The molecule has 0 heteroatoms. The molecule has 2 aliphatic carbocycles. The van der Waals surface area contributed by atoms with Gasteiger partial charge in [-0.05, 0) is 29.6 Å². The highest BCUT2D eigenvalue weighted by Crippen LogP contribution is 2.33. The molecule has 0 aromatic rings. The van der Waals surface area contributed by atoms with Gasteiger partial charge in [-0.2, -0.15) is 0 Å². The van der Waals surface area contributed by atoms with Crippen molar-refractivity contribution in [1.82, 2.24) is 0 Å². The van der Waals surface area contributed by atoms with Crippen LogP contribution in [0.2, 0.25) is 0 Å². The van der Waals surface area contributed by atoms with E-state index in [1.807, 2.05) is 0 Å². The van der Waals surface area contributed by atoms with Crippen molar-refractivity contribution in [2.45, 2.75) is 26.2 Å². The molecule has 12 heavy (non-hydrogen) atoms. The molecule has 0 bridgehead atoms. The molecule has 0 spiro atoms. The van der Waals surface area contributed by atoms with Crippen molar-refractivity contribution in [3.05, 3.63) is 47.1 Å². The van der Waals surface area contributed by atoms with E-state index in [0.29, 0.717) is 0 Å². The van der Waals surface area contributed by atoms with Crippen molar-refractivity contribution in [3.8, 4) is 0 Å². The number of rotatable bonds is 3. The van der Waals surface area contributed by atoms with Crippen LogP contribution in [0.15, 0.2) is 47.1 Å². The maximum absolute atomic E-state index is 2.26. The molecule has 0 heterocycles. The maximum Gasteiger partial charge on any atom is -0.0152 e. The molecule has 62 valence electrons. The van der Waals surface area contributed by atoms with Gasteiger partial charge in [0.2, 0.25) is 0 Å². The third-order valence-electron chi connectivity index (χ3n) is 2.46. The number of fused-ring (bicyclic) bond motifs is 1. The monoisotopic (exact) mass is 158 g/mol. The van der Waals surface area contributed by atoms with Gasteiger partial charge in [0.1, 0.15) is 0 Å². The quantitative estimate of drug-likeness (QED) is 0.589. The number of unbranched alkanes of at least 4 members (excludes halogenated alkanes) is 1. The maximum atomic E-state index is 2.26. The Morgan fingerprint density at radius 2 is 2.08 bits per heavy atom. The van der Waals surface area contributed by atoms with Gasteiger partial charge in [-0.25, -0.2) is 0 Å². The van der Waals surface area contributed by atoms with E-state index in [4.69, 9.17) is 0 Å². The first kappa shape index (κ1) is 7.60. The molecule has 0 aromatic carbocycles. The molecule has 0 amide bonds. The van der Waals surface area contributed by atoms with Crippen LogP contribution in [0.4, 0.5) is 0 Å². The van der Waals surface area contributed by atoms with Crippen LogP contribution in [0.1, 0.15) is 26.2 Å². The lowest BCUT2D eigenvalue weighted by atomic mass is 10.0. The average molecular weight is 158 g/mol. The fourth-order valence-electron chi connectivity index (χ4n) is 1.74. The lowest BCUT2D eigenvalue weighted by Gasteiger charge is -2.03. The molecule has 0 nitrogen and oxygen atoms in total. The summed E-state index contributed by atoms with van der Waals surface area (Å²) >= 11 is 0. The van der Waals surface area contributed by atoms with Gasteiger partial charge < -0.3 is 0 Å². The van der Waals surface area contributed by atoms with Gasteiger partial charge >= 0.3 is 0 Å². The third kappa shape index (κ3) is 1.18. The summed E-state index contributed by atoms with van der Waals surface area (Å²) < 4.78 is 0. The van der Waals surface area contributed by atoms with Gasteiger partial charge in [0.25, 0.3) is 0 Å². The fraction of sp³-hybridized carbons (Fsp3) is 0.333. The van der Waals surface area contributed by atoms with Crippen LogP contribution in [0, 0.1) is 0 Å². The third-order valence-corrected chi connectivity index (χ3v) is 2.46. The second-order valence-corrected chi connectivity index (χ2v) is 3.36. The molecule has 0 saturated carbocycles. The molecular weight excluding hydrogens is 144 g/mol. The highest BCUT2D eigenvalue weighted by molar-refractivity contribution is 5.64. The van der Waals surface area contributed by atoms with E-state index in [0.717, 1.165) is 0 Å². The Bertz CT molecular complexity index is 298. The predicted octanol–water partition coefficient (Wildman–Crippen LogP) is 3.54. The van der Waals surface area contributed by atoms with Gasteiger partial charge in [0.05, 0.1) is 0 Å². The summed E-state index contributed by atoms with van der Waals surface area (Å²) in [5.41, 5.74) is 4.39. The zero-order chi connectivity index (χ0) is 8.39. The Hall–Kier alpha value is -1.04. The first-order valence-corrected chi connectivity index (χ1v) is 4.72. The van der Waals surface area contributed by atoms with E-state index in [1.54, 1.807) is 0 Å². The summed E-state index contributed by atoms with van der Waals surface area (Å²) in [6.45, 7) is 2.24. The molecule has 0 saturated heterocycles. The van der Waals surface area contributed by atoms with Crippen molar-refractivity contribution in [2.24, 2.45) is 0 Å². The second kappa shape index (κ2) is 3.14. The van der Waals surface area contributed by atoms with Crippen LogP contribution in [0.3, 0.4) is 0 Å². The Morgan fingerprint density at radius 1 is 1.17 bits per heavy atom. The highest BCUT2D eigenvalue weighted by Gasteiger charge is 2.14. The Labute approximate surface area is 74.0 Å². The zero-order valence-corrected chi connectivity index (χ0v) is 7.51.